The Kier molecular flexibility index (Phi) is 3.05. The topological polar surface area (TPSA) is 64.9 Å². The third-order valence-electron chi connectivity index (χ3n) is 2.69. The number of halogens is 1. The van der Waals surface area contributed by atoms with Gasteiger partial charge < -0.3 is 10.3 Å². The van der Waals surface area contributed by atoms with E-state index in [1.807, 2.05) is 36.4 Å². The van der Waals surface area contributed by atoms with Gasteiger partial charge >= 0.3 is 0 Å². The molecule has 0 fully saturated rings. The van der Waals surface area contributed by atoms with E-state index in [0.717, 1.165) is 15.6 Å². The molecule has 0 saturated heterocycles. The lowest BCUT2D eigenvalue weighted by Gasteiger charge is -1.95. The molecule has 2 N–H and O–H groups in total. The van der Waals surface area contributed by atoms with Gasteiger partial charge in [-0.05, 0) is 48.5 Å². The summed E-state index contributed by atoms with van der Waals surface area (Å²) in [4.78, 5) is 4.38. The first-order valence-corrected chi connectivity index (χ1v) is 6.47. The van der Waals surface area contributed by atoms with Crippen molar-refractivity contribution in [2.45, 2.75) is 0 Å². The maximum absolute atomic E-state index is 5.64. The quantitative estimate of drug-likeness (QED) is 0.731. The minimum absolute atomic E-state index is 0.484. The van der Waals surface area contributed by atoms with Crippen LogP contribution in [0.1, 0.15) is 0 Å². The van der Waals surface area contributed by atoms with E-state index in [9.17, 15) is 0 Å². The average Bonchev–Trinajstić information content (AvgIpc) is 2.90. The molecule has 5 heteroatoms. The Bertz CT molecular complexity index is 629. The predicted molar refractivity (Wildman–Crippen MR) is 77.3 cm³/mol. The highest BCUT2D eigenvalue weighted by molar-refractivity contribution is 9.10. The summed E-state index contributed by atoms with van der Waals surface area (Å²) in [5, 5.41) is 3.98. The molecule has 0 atom stereocenters. The van der Waals surface area contributed by atoms with Gasteiger partial charge in [0.15, 0.2) is 0 Å². The Balaban J connectivity index is 1.95. The Morgan fingerprint density at radius 3 is 2.21 bits per heavy atom. The maximum atomic E-state index is 5.64. The highest BCUT2D eigenvalue weighted by Gasteiger charge is 2.10. The average molecular weight is 316 g/mol. The highest BCUT2D eigenvalue weighted by Crippen LogP contribution is 2.23. The number of anilines is 1. The molecule has 0 saturated carbocycles. The SMILES string of the molecule is Nc1ccc(-c2nc(-c3ccc(Br)cc3)no2)cc1. The number of nitrogen functional groups attached to an aromatic ring is 1. The molecule has 0 aliphatic rings. The Morgan fingerprint density at radius 1 is 0.895 bits per heavy atom. The van der Waals surface area contributed by atoms with E-state index in [0.29, 0.717) is 17.4 Å². The van der Waals surface area contributed by atoms with Crippen LogP contribution in [-0.2, 0) is 0 Å². The minimum Gasteiger partial charge on any atom is -0.399 e. The molecule has 3 aromatic rings. The standard InChI is InChI=1S/C14H10BrN3O/c15-11-5-1-9(2-6-11)13-17-14(19-18-13)10-3-7-12(16)8-4-10/h1-8H,16H2. The number of nitrogens with zero attached hydrogens (tertiary/aromatic N) is 2. The Morgan fingerprint density at radius 2 is 1.53 bits per heavy atom. The molecule has 3 rings (SSSR count). The molecule has 1 aromatic heterocycles. The van der Waals surface area contributed by atoms with Gasteiger partial charge in [-0.2, -0.15) is 4.98 Å². The van der Waals surface area contributed by atoms with Crippen LogP contribution in [0.5, 0.6) is 0 Å². The first-order valence-electron chi connectivity index (χ1n) is 5.68. The van der Waals surface area contributed by atoms with Crippen molar-refractivity contribution in [2.75, 3.05) is 5.73 Å². The van der Waals surface area contributed by atoms with Crippen molar-refractivity contribution in [3.63, 3.8) is 0 Å². The van der Waals surface area contributed by atoms with E-state index < -0.39 is 0 Å². The van der Waals surface area contributed by atoms with Gasteiger partial charge in [0.2, 0.25) is 5.82 Å². The molecule has 0 aliphatic carbocycles. The number of nitrogens with two attached hydrogens (primary N) is 1. The molecule has 2 aromatic carbocycles. The van der Waals surface area contributed by atoms with Crippen LogP contribution in [0.25, 0.3) is 22.8 Å². The second-order valence-corrected chi connectivity index (χ2v) is 4.97. The molecule has 94 valence electrons. The maximum Gasteiger partial charge on any atom is 0.258 e. The van der Waals surface area contributed by atoms with Gasteiger partial charge in [-0.3, -0.25) is 0 Å². The Labute approximate surface area is 118 Å². The predicted octanol–water partition coefficient (Wildman–Crippen LogP) is 3.75. The van der Waals surface area contributed by atoms with E-state index in [1.165, 1.54) is 0 Å². The molecule has 0 amide bonds. The van der Waals surface area contributed by atoms with Crippen molar-refractivity contribution >= 4 is 21.6 Å². The van der Waals surface area contributed by atoms with Crippen molar-refractivity contribution in [3.8, 4) is 22.8 Å². The zero-order valence-corrected chi connectivity index (χ0v) is 11.5. The molecular weight excluding hydrogens is 306 g/mol. The van der Waals surface area contributed by atoms with Crippen molar-refractivity contribution in [2.24, 2.45) is 0 Å². The summed E-state index contributed by atoms with van der Waals surface area (Å²) in [6.07, 6.45) is 0. The lowest BCUT2D eigenvalue weighted by molar-refractivity contribution is 0.432. The molecule has 0 aliphatic heterocycles. The molecule has 0 bridgehead atoms. The monoisotopic (exact) mass is 315 g/mol. The van der Waals surface area contributed by atoms with Crippen LogP contribution in [0.2, 0.25) is 0 Å². The zero-order valence-electron chi connectivity index (χ0n) is 9.88. The third kappa shape index (κ3) is 2.51. The van der Waals surface area contributed by atoms with Crippen molar-refractivity contribution in [1.82, 2.24) is 10.1 Å². The van der Waals surface area contributed by atoms with E-state index in [1.54, 1.807) is 12.1 Å². The number of aromatic nitrogens is 2. The molecule has 4 nitrogen and oxygen atoms in total. The third-order valence-corrected chi connectivity index (χ3v) is 3.21. The summed E-state index contributed by atoms with van der Waals surface area (Å²) in [7, 11) is 0. The summed E-state index contributed by atoms with van der Waals surface area (Å²) < 4.78 is 6.27. The van der Waals surface area contributed by atoms with Gasteiger partial charge in [0.1, 0.15) is 0 Å². The van der Waals surface area contributed by atoms with Crippen LogP contribution < -0.4 is 5.73 Å². The van der Waals surface area contributed by atoms with Crippen molar-refractivity contribution in [3.05, 3.63) is 53.0 Å². The summed E-state index contributed by atoms with van der Waals surface area (Å²) in [5.41, 5.74) is 8.11. The van der Waals surface area contributed by atoms with Crippen LogP contribution in [-0.4, -0.2) is 10.1 Å². The van der Waals surface area contributed by atoms with Gasteiger partial charge in [-0.25, -0.2) is 0 Å². The van der Waals surface area contributed by atoms with Crippen molar-refractivity contribution < 1.29 is 4.52 Å². The molecule has 0 radical (unpaired) electrons. The molecule has 19 heavy (non-hydrogen) atoms. The number of hydrogen-bond acceptors (Lipinski definition) is 4. The number of hydrogen-bond donors (Lipinski definition) is 1. The van der Waals surface area contributed by atoms with Crippen LogP contribution in [0.15, 0.2) is 57.5 Å². The van der Waals surface area contributed by atoms with Crippen molar-refractivity contribution in [1.29, 1.82) is 0 Å². The summed E-state index contributed by atoms with van der Waals surface area (Å²) in [6.45, 7) is 0. The normalized spacial score (nSPS) is 10.6. The van der Waals surface area contributed by atoms with E-state index >= 15 is 0 Å². The number of benzene rings is 2. The smallest absolute Gasteiger partial charge is 0.258 e. The second-order valence-electron chi connectivity index (χ2n) is 4.05. The van der Waals surface area contributed by atoms with Crippen LogP contribution in [0, 0.1) is 0 Å². The fourth-order valence-corrected chi connectivity index (χ4v) is 1.95. The highest BCUT2D eigenvalue weighted by atomic mass is 79.9. The fraction of sp³-hybridized carbons (Fsp3) is 0. The largest absolute Gasteiger partial charge is 0.399 e. The lowest BCUT2D eigenvalue weighted by Crippen LogP contribution is -1.84. The van der Waals surface area contributed by atoms with E-state index in [-0.39, 0.29) is 0 Å². The van der Waals surface area contributed by atoms with Gasteiger partial charge in [-0.1, -0.05) is 21.1 Å². The lowest BCUT2D eigenvalue weighted by atomic mass is 10.2. The molecular formula is C14H10BrN3O. The van der Waals surface area contributed by atoms with Gasteiger partial charge in [0.05, 0.1) is 0 Å². The molecule has 0 spiro atoms. The minimum atomic E-state index is 0.484. The number of rotatable bonds is 2. The van der Waals surface area contributed by atoms with Gasteiger partial charge in [0, 0.05) is 21.3 Å². The van der Waals surface area contributed by atoms with E-state index in [4.69, 9.17) is 10.3 Å². The summed E-state index contributed by atoms with van der Waals surface area (Å²) >= 11 is 3.39. The fourth-order valence-electron chi connectivity index (χ4n) is 1.68. The van der Waals surface area contributed by atoms with Gasteiger partial charge in [-0.15, -0.1) is 0 Å². The van der Waals surface area contributed by atoms with Crippen LogP contribution in [0.4, 0.5) is 5.69 Å². The molecule has 1 heterocycles. The van der Waals surface area contributed by atoms with E-state index in [2.05, 4.69) is 26.1 Å². The van der Waals surface area contributed by atoms with Crippen LogP contribution >= 0.6 is 15.9 Å². The van der Waals surface area contributed by atoms with Gasteiger partial charge in [0.25, 0.3) is 5.89 Å². The first-order chi connectivity index (χ1) is 9.22. The van der Waals surface area contributed by atoms with Crippen LogP contribution in [0.3, 0.4) is 0 Å². The zero-order chi connectivity index (χ0) is 13.2. The summed E-state index contributed by atoms with van der Waals surface area (Å²) in [6, 6.07) is 15.1. The molecule has 0 unspecified atom stereocenters. The Hall–Kier alpha value is -2.14. The first kappa shape index (κ1) is 11.9. The summed E-state index contributed by atoms with van der Waals surface area (Å²) in [5.74, 6) is 1.05. The second kappa shape index (κ2) is 4.85.